The minimum Gasteiger partial charge on any atom is -0.0769 e. The van der Waals surface area contributed by atoms with Crippen LogP contribution in [0.25, 0.3) is 0 Å². The summed E-state index contributed by atoms with van der Waals surface area (Å²) < 4.78 is 0. The Labute approximate surface area is 94.5 Å². The number of hydrogen-bond acceptors (Lipinski definition) is 0. The fourth-order valence-electron chi connectivity index (χ4n) is 3.18. The SMILES string of the molecule is CC(C)=C1CCC(C)C2=C(C1)[C@@H](C)CC2. The molecule has 0 heteroatoms. The fraction of sp³-hybridized carbons (Fsp3) is 0.733. The van der Waals surface area contributed by atoms with E-state index in [0.717, 1.165) is 11.8 Å². The van der Waals surface area contributed by atoms with Crippen molar-refractivity contribution in [2.45, 2.75) is 59.8 Å². The van der Waals surface area contributed by atoms with Crippen LogP contribution in [0.1, 0.15) is 59.8 Å². The zero-order valence-corrected chi connectivity index (χ0v) is 10.7. The molecule has 0 N–H and O–H groups in total. The molecule has 2 aliphatic carbocycles. The fourth-order valence-corrected chi connectivity index (χ4v) is 3.18. The predicted octanol–water partition coefficient (Wildman–Crippen LogP) is 4.87. The van der Waals surface area contributed by atoms with Crippen LogP contribution in [0.15, 0.2) is 22.3 Å². The van der Waals surface area contributed by atoms with E-state index in [4.69, 9.17) is 0 Å². The van der Waals surface area contributed by atoms with Gasteiger partial charge in [-0.3, -0.25) is 0 Å². The van der Waals surface area contributed by atoms with Crippen molar-refractivity contribution in [2.75, 3.05) is 0 Å². The van der Waals surface area contributed by atoms with E-state index in [-0.39, 0.29) is 0 Å². The van der Waals surface area contributed by atoms with Crippen molar-refractivity contribution in [1.29, 1.82) is 0 Å². The third-order valence-corrected chi connectivity index (χ3v) is 4.44. The maximum atomic E-state index is 2.43. The van der Waals surface area contributed by atoms with Gasteiger partial charge in [-0.1, -0.05) is 36.1 Å². The summed E-state index contributed by atoms with van der Waals surface area (Å²) in [6.07, 6.45) is 6.80. The second-order valence-electron chi connectivity index (χ2n) is 5.71. The molecule has 0 amide bonds. The largest absolute Gasteiger partial charge is 0.0769 e. The average Bonchev–Trinajstić information content (AvgIpc) is 2.43. The first kappa shape index (κ1) is 11.0. The first-order valence-corrected chi connectivity index (χ1v) is 6.46. The van der Waals surface area contributed by atoms with Crippen LogP contribution in [0.4, 0.5) is 0 Å². The Morgan fingerprint density at radius 3 is 2.20 bits per heavy atom. The van der Waals surface area contributed by atoms with E-state index < -0.39 is 0 Å². The highest BCUT2D eigenvalue weighted by molar-refractivity contribution is 5.32. The molecule has 0 saturated carbocycles. The van der Waals surface area contributed by atoms with Crippen LogP contribution < -0.4 is 0 Å². The molecule has 2 aliphatic rings. The summed E-state index contributed by atoms with van der Waals surface area (Å²) in [5.74, 6) is 1.71. The summed E-state index contributed by atoms with van der Waals surface area (Å²) in [7, 11) is 0. The maximum Gasteiger partial charge on any atom is -0.0101 e. The van der Waals surface area contributed by atoms with Crippen molar-refractivity contribution < 1.29 is 0 Å². The summed E-state index contributed by atoms with van der Waals surface area (Å²) in [5.41, 5.74) is 6.91. The Morgan fingerprint density at radius 1 is 0.933 bits per heavy atom. The number of rotatable bonds is 0. The lowest BCUT2D eigenvalue weighted by molar-refractivity contribution is 0.585. The molecule has 0 spiro atoms. The van der Waals surface area contributed by atoms with Crippen molar-refractivity contribution >= 4 is 0 Å². The summed E-state index contributed by atoms with van der Waals surface area (Å²) in [5, 5.41) is 0. The Morgan fingerprint density at radius 2 is 1.53 bits per heavy atom. The van der Waals surface area contributed by atoms with E-state index in [0.29, 0.717) is 0 Å². The van der Waals surface area contributed by atoms with Gasteiger partial charge in [0.15, 0.2) is 0 Å². The highest BCUT2D eigenvalue weighted by Gasteiger charge is 2.28. The molecule has 0 aromatic heterocycles. The predicted molar refractivity (Wildman–Crippen MR) is 66.8 cm³/mol. The molecule has 0 aromatic rings. The Balaban J connectivity index is 2.32. The van der Waals surface area contributed by atoms with Gasteiger partial charge in [-0.2, -0.15) is 0 Å². The molecule has 0 aromatic carbocycles. The van der Waals surface area contributed by atoms with Gasteiger partial charge >= 0.3 is 0 Å². The third-order valence-electron chi connectivity index (χ3n) is 4.44. The van der Waals surface area contributed by atoms with E-state index in [1.165, 1.54) is 32.1 Å². The maximum absolute atomic E-state index is 2.43. The monoisotopic (exact) mass is 204 g/mol. The van der Waals surface area contributed by atoms with E-state index in [9.17, 15) is 0 Å². The van der Waals surface area contributed by atoms with Gasteiger partial charge in [0, 0.05) is 0 Å². The van der Waals surface area contributed by atoms with Crippen LogP contribution in [0, 0.1) is 11.8 Å². The van der Waals surface area contributed by atoms with Gasteiger partial charge in [0.25, 0.3) is 0 Å². The van der Waals surface area contributed by atoms with Crippen LogP contribution >= 0.6 is 0 Å². The second-order valence-corrected chi connectivity index (χ2v) is 5.71. The van der Waals surface area contributed by atoms with Gasteiger partial charge < -0.3 is 0 Å². The van der Waals surface area contributed by atoms with Crippen molar-refractivity contribution in [3.8, 4) is 0 Å². The van der Waals surface area contributed by atoms with Gasteiger partial charge in [-0.05, 0) is 57.8 Å². The minimum absolute atomic E-state index is 0.849. The van der Waals surface area contributed by atoms with Crippen molar-refractivity contribution in [2.24, 2.45) is 11.8 Å². The number of hydrogen-bond donors (Lipinski definition) is 0. The third kappa shape index (κ3) is 2.04. The van der Waals surface area contributed by atoms with Gasteiger partial charge in [0.2, 0.25) is 0 Å². The van der Waals surface area contributed by atoms with Gasteiger partial charge in [0.05, 0.1) is 0 Å². The van der Waals surface area contributed by atoms with Crippen molar-refractivity contribution in [1.82, 2.24) is 0 Å². The first-order chi connectivity index (χ1) is 7.09. The highest BCUT2D eigenvalue weighted by Crippen LogP contribution is 2.44. The molecule has 0 aliphatic heterocycles. The average molecular weight is 204 g/mol. The zero-order valence-electron chi connectivity index (χ0n) is 10.7. The second kappa shape index (κ2) is 4.15. The van der Waals surface area contributed by atoms with Gasteiger partial charge in [-0.15, -0.1) is 0 Å². The topological polar surface area (TPSA) is 0 Å². The molecule has 1 unspecified atom stereocenters. The first-order valence-electron chi connectivity index (χ1n) is 6.46. The van der Waals surface area contributed by atoms with Crippen LogP contribution in [0.2, 0.25) is 0 Å². The van der Waals surface area contributed by atoms with Crippen molar-refractivity contribution in [3.63, 3.8) is 0 Å². The summed E-state index contributed by atoms with van der Waals surface area (Å²) in [6.45, 7) is 9.42. The Bertz CT molecular complexity index is 313. The standard InChI is InChI=1S/C15H24/c1-10(2)13-7-5-11(3)14-8-6-12(4)15(14)9-13/h11-12H,5-9H2,1-4H3/t11?,12-/m0/s1. The number of allylic oxidation sites excluding steroid dienone is 4. The molecule has 0 saturated heterocycles. The van der Waals surface area contributed by atoms with E-state index >= 15 is 0 Å². The molecule has 84 valence electrons. The summed E-state index contributed by atoms with van der Waals surface area (Å²) >= 11 is 0. The molecule has 2 rings (SSSR count). The lowest BCUT2D eigenvalue weighted by Crippen LogP contribution is -1.97. The molecule has 2 atom stereocenters. The van der Waals surface area contributed by atoms with Crippen LogP contribution in [0.3, 0.4) is 0 Å². The molecule has 0 radical (unpaired) electrons. The lowest BCUT2D eigenvalue weighted by Gasteiger charge is -2.12. The van der Waals surface area contributed by atoms with Crippen LogP contribution in [-0.4, -0.2) is 0 Å². The molecule has 0 nitrogen and oxygen atoms in total. The quantitative estimate of drug-likeness (QED) is 0.494. The Kier molecular flexibility index (Phi) is 3.04. The van der Waals surface area contributed by atoms with E-state index in [2.05, 4.69) is 27.7 Å². The van der Waals surface area contributed by atoms with Gasteiger partial charge in [-0.25, -0.2) is 0 Å². The summed E-state index contributed by atoms with van der Waals surface area (Å²) in [4.78, 5) is 0. The zero-order chi connectivity index (χ0) is 11.0. The van der Waals surface area contributed by atoms with Crippen LogP contribution in [0.5, 0.6) is 0 Å². The molecule has 0 fully saturated rings. The van der Waals surface area contributed by atoms with E-state index in [1.807, 2.05) is 5.57 Å². The molecular weight excluding hydrogens is 180 g/mol. The summed E-state index contributed by atoms with van der Waals surface area (Å²) in [6, 6.07) is 0. The van der Waals surface area contributed by atoms with E-state index in [1.54, 1.807) is 16.7 Å². The van der Waals surface area contributed by atoms with Gasteiger partial charge in [0.1, 0.15) is 0 Å². The molecule has 0 heterocycles. The highest BCUT2D eigenvalue weighted by atomic mass is 14.3. The molecule has 0 bridgehead atoms. The van der Waals surface area contributed by atoms with Crippen LogP contribution in [-0.2, 0) is 0 Å². The lowest BCUT2D eigenvalue weighted by atomic mass is 9.94. The smallest absolute Gasteiger partial charge is 0.0101 e. The minimum atomic E-state index is 0.849. The van der Waals surface area contributed by atoms with Crippen molar-refractivity contribution in [3.05, 3.63) is 22.3 Å². The molecule has 15 heavy (non-hydrogen) atoms. The Hall–Kier alpha value is -0.520. The molecular formula is C15H24. The normalized spacial score (nSPS) is 31.6.